The molecule has 100 valence electrons. The second-order valence-electron chi connectivity index (χ2n) is 4.51. The number of rotatable bonds is 5. The van der Waals surface area contributed by atoms with Crippen LogP contribution in [0.15, 0.2) is 47.1 Å². The van der Waals surface area contributed by atoms with Crippen molar-refractivity contribution in [3.63, 3.8) is 0 Å². The first-order chi connectivity index (χ1) is 9.20. The number of anilines is 1. The van der Waals surface area contributed by atoms with Gasteiger partial charge >= 0.3 is 0 Å². The van der Waals surface area contributed by atoms with Gasteiger partial charge in [0.1, 0.15) is 5.82 Å². The van der Waals surface area contributed by atoms with Gasteiger partial charge in [-0.2, -0.15) is 0 Å². The average molecular weight is 320 g/mol. The molecule has 0 bridgehead atoms. The van der Waals surface area contributed by atoms with E-state index >= 15 is 0 Å². The van der Waals surface area contributed by atoms with Crippen LogP contribution in [-0.4, -0.2) is 18.6 Å². The molecule has 1 aromatic heterocycles. The summed E-state index contributed by atoms with van der Waals surface area (Å²) in [6, 6.07) is 12.4. The van der Waals surface area contributed by atoms with Crippen molar-refractivity contribution < 1.29 is 0 Å². The van der Waals surface area contributed by atoms with Crippen LogP contribution in [-0.2, 0) is 13.0 Å². The molecule has 2 rings (SSSR count). The molecule has 0 spiro atoms. The molecule has 4 heteroatoms. The van der Waals surface area contributed by atoms with E-state index in [4.69, 9.17) is 5.73 Å². The summed E-state index contributed by atoms with van der Waals surface area (Å²) in [5, 5.41) is 0. The van der Waals surface area contributed by atoms with Gasteiger partial charge in [0, 0.05) is 24.3 Å². The molecule has 0 aliphatic heterocycles. The van der Waals surface area contributed by atoms with Gasteiger partial charge in [0.2, 0.25) is 0 Å². The fraction of sp³-hybridized carbons (Fsp3) is 0.267. The van der Waals surface area contributed by atoms with E-state index in [1.54, 1.807) is 0 Å². The molecule has 0 radical (unpaired) electrons. The minimum atomic E-state index is 0.644. The van der Waals surface area contributed by atoms with Gasteiger partial charge in [-0.1, -0.05) is 34.1 Å². The molecule has 0 aliphatic carbocycles. The molecule has 1 aromatic carbocycles. The lowest BCUT2D eigenvalue weighted by Gasteiger charge is -2.21. The van der Waals surface area contributed by atoms with Crippen molar-refractivity contribution >= 4 is 21.7 Å². The molecule has 19 heavy (non-hydrogen) atoms. The van der Waals surface area contributed by atoms with Crippen LogP contribution in [0.25, 0.3) is 0 Å². The van der Waals surface area contributed by atoms with Crippen LogP contribution in [0, 0.1) is 0 Å². The highest BCUT2D eigenvalue weighted by Crippen LogP contribution is 2.19. The average Bonchev–Trinajstić information content (AvgIpc) is 2.42. The van der Waals surface area contributed by atoms with Crippen molar-refractivity contribution in [2.24, 2.45) is 5.73 Å². The molecule has 0 aliphatic rings. The van der Waals surface area contributed by atoms with Crippen molar-refractivity contribution in [3.8, 4) is 0 Å². The second kappa shape index (κ2) is 6.68. The number of pyridine rings is 1. The largest absolute Gasteiger partial charge is 0.355 e. The standard InChI is InChI=1S/C15H18BrN3/c1-19(11-12-4-6-14(16)7-5-12)15-13(8-9-17)3-2-10-18-15/h2-7,10H,8-9,11,17H2,1H3. The number of benzene rings is 1. The van der Waals surface area contributed by atoms with E-state index in [2.05, 4.69) is 63.2 Å². The van der Waals surface area contributed by atoms with Crippen molar-refractivity contribution in [1.82, 2.24) is 4.98 Å². The summed E-state index contributed by atoms with van der Waals surface area (Å²) in [6.45, 7) is 1.48. The Kier molecular flexibility index (Phi) is 4.93. The summed E-state index contributed by atoms with van der Waals surface area (Å²) < 4.78 is 1.10. The third-order valence-electron chi connectivity index (χ3n) is 2.98. The van der Waals surface area contributed by atoms with Gasteiger partial charge in [-0.05, 0) is 42.3 Å². The Morgan fingerprint density at radius 3 is 2.63 bits per heavy atom. The zero-order valence-corrected chi connectivity index (χ0v) is 12.6. The summed E-state index contributed by atoms with van der Waals surface area (Å²) in [5.74, 6) is 1.01. The van der Waals surface area contributed by atoms with E-state index in [1.165, 1.54) is 11.1 Å². The van der Waals surface area contributed by atoms with Crippen LogP contribution in [0.2, 0.25) is 0 Å². The number of aromatic nitrogens is 1. The quantitative estimate of drug-likeness (QED) is 0.921. The number of halogens is 1. The summed E-state index contributed by atoms with van der Waals surface area (Å²) >= 11 is 3.45. The van der Waals surface area contributed by atoms with E-state index in [0.717, 1.165) is 23.3 Å². The third-order valence-corrected chi connectivity index (χ3v) is 3.50. The van der Waals surface area contributed by atoms with Gasteiger partial charge in [-0.15, -0.1) is 0 Å². The Balaban J connectivity index is 2.15. The van der Waals surface area contributed by atoms with Crippen LogP contribution in [0.4, 0.5) is 5.82 Å². The lowest BCUT2D eigenvalue weighted by molar-refractivity contribution is 0.867. The molecule has 0 fully saturated rings. The zero-order valence-electron chi connectivity index (χ0n) is 11.0. The predicted octanol–water partition coefficient (Wildman–Crippen LogP) is 2.98. The normalized spacial score (nSPS) is 10.5. The maximum absolute atomic E-state index is 5.65. The molecule has 1 heterocycles. The van der Waals surface area contributed by atoms with Gasteiger partial charge in [0.05, 0.1) is 0 Å². The summed E-state index contributed by atoms with van der Waals surface area (Å²) in [6.07, 6.45) is 2.68. The van der Waals surface area contributed by atoms with Crippen molar-refractivity contribution in [2.45, 2.75) is 13.0 Å². The molecule has 0 unspecified atom stereocenters. The molecular weight excluding hydrogens is 302 g/mol. The number of hydrogen-bond acceptors (Lipinski definition) is 3. The Bertz CT molecular complexity index is 525. The number of hydrogen-bond donors (Lipinski definition) is 1. The first kappa shape index (κ1) is 14.0. The highest BCUT2D eigenvalue weighted by molar-refractivity contribution is 9.10. The van der Waals surface area contributed by atoms with Crippen molar-refractivity contribution in [1.29, 1.82) is 0 Å². The third kappa shape index (κ3) is 3.78. The van der Waals surface area contributed by atoms with Crippen LogP contribution < -0.4 is 10.6 Å². The fourth-order valence-electron chi connectivity index (χ4n) is 2.06. The van der Waals surface area contributed by atoms with Gasteiger partial charge in [-0.3, -0.25) is 0 Å². The lowest BCUT2D eigenvalue weighted by atomic mass is 10.1. The first-order valence-corrected chi connectivity index (χ1v) is 7.09. The van der Waals surface area contributed by atoms with Crippen LogP contribution in [0.1, 0.15) is 11.1 Å². The van der Waals surface area contributed by atoms with E-state index in [0.29, 0.717) is 6.54 Å². The van der Waals surface area contributed by atoms with Crippen LogP contribution in [0.5, 0.6) is 0 Å². The molecular formula is C15H18BrN3. The SMILES string of the molecule is CN(Cc1ccc(Br)cc1)c1ncccc1CCN. The molecule has 0 atom stereocenters. The van der Waals surface area contributed by atoms with Gasteiger partial charge in [-0.25, -0.2) is 4.98 Å². The maximum Gasteiger partial charge on any atom is 0.131 e. The van der Waals surface area contributed by atoms with Gasteiger partial charge in [0.25, 0.3) is 0 Å². The lowest BCUT2D eigenvalue weighted by Crippen LogP contribution is -2.20. The molecule has 2 N–H and O–H groups in total. The Morgan fingerprint density at radius 2 is 1.95 bits per heavy atom. The Morgan fingerprint density at radius 1 is 1.21 bits per heavy atom. The Hall–Kier alpha value is -1.39. The number of nitrogens with zero attached hydrogens (tertiary/aromatic N) is 2. The van der Waals surface area contributed by atoms with Gasteiger partial charge < -0.3 is 10.6 Å². The molecule has 0 saturated carbocycles. The molecule has 0 amide bonds. The summed E-state index contributed by atoms with van der Waals surface area (Å²) in [5.41, 5.74) is 8.11. The zero-order chi connectivity index (χ0) is 13.7. The minimum Gasteiger partial charge on any atom is -0.355 e. The predicted molar refractivity (Wildman–Crippen MR) is 83.2 cm³/mol. The molecule has 0 saturated heterocycles. The van der Waals surface area contributed by atoms with E-state index in [-0.39, 0.29) is 0 Å². The van der Waals surface area contributed by atoms with Crippen molar-refractivity contribution in [2.75, 3.05) is 18.5 Å². The van der Waals surface area contributed by atoms with Crippen LogP contribution >= 0.6 is 15.9 Å². The number of nitrogens with two attached hydrogens (primary N) is 1. The molecule has 3 nitrogen and oxygen atoms in total. The molecule has 2 aromatic rings. The Labute approximate surface area is 122 Å². The fourth-order valence-corrected chi connectivity index (χ4v) is 2.33. The maximum atomic E-state index is 5.65. The highest BCUT2D eigenvalue weighted by atomic mass is 79.9. The summed E-state index contributed by atoms with van der Waals surface area (Å²) in [7, 11) is 2.06. The van der Waals surface area contributed by atoms with Gasteiger partial charge in [0.15, 0.2) is 0 Å². The van der Waals surface area contributed by atoms with E-state index in [9.17, 15) is 0 Å². The topological polar surface area (TPSA) is 42.2 Å². The van der Waals surface area contributed by atoms with E-state index < -0.39 is 0 Å². The minimum absolute atomic E-state index is 0.644. The first-order valence-electron chi connectivity index (χ1n) is 6.30. The highest BCUT2D eigenvalue weighted by Gasteiger charge is 2.08. The monoisotopic (exact) mass is 319 g/mol. The second-order valence-corrected chi connectivity index (χ2v) is 5.42. The van der Waals surface area contributed by atoms with Crippen LogP contribution in [0.3, 0.4) is 0 Å². The van der Waals surface area contributed by atoms with E-state index in [1.807, 2.05) is 12.3 Å². The summed E-state index contributed by atoms with van der Waals surface area (Å²) in [4.78, 5) is 6.63. The smallest absolute Gasteiger partial charge is 0.131 e. The van der Waals surface area contributed by atoms with Crippen molar-refractivity contribution in [3.05, 3.63) is 58.2 Å².